The number of thiophene rings is 1. The van der Waals surface area contributed by atoms with Crippen molar-refractivity contribution in [3.63, 3.8) is 0 Å². The molecule has 4 rings (SSSR count). The largest absolute Gasteiger partial charge is 0.305 e. The average Bonchev–Trinajstić information content (AvgIpc) is 3.14. The lowest BCUT2D eigenvalue weighted by atomic mass is 10.0. The fraction of sp³-hybridized carbons (Fsp3) is 0.190. The maximum absolute atomic E-state index is 10.9. The minimum Gasteiger partial charge on any atom is -0.305 e. The van der Waals surface area contributed by atoms with Crippen LogP contribution in [0.15, 0.2) is 64.0 Å². The Morgan fingerprint density at radius 1 is 1.36 bits per heavy atom. The minimum absolute atomic E-state index is 0.0284. The highest BCUT2D eigenvalue weighted by molar-refractivity contribution is 7.99. The summed E-state index contributed by atoms with van der Waals surface area (Å²) in [7, 11) is 0. The van der Waals surface area contributed by atoms with Crippen LogP contribution in [0.4, 0.5) is 0 Å². The second-order valence-electron chi connectivity index (χ2n) is 6.35. The van der Waals surface area contributed by atoms with Crippen LogP contribution in [-0.4, -0.2) is 22.8 Å². The van der Waals surface area contributed by atoms with E-state index in [1.54, 1.807) is 11.8 Å². The Morgan fingerprint density at radius 3 is 3.04 bits per heavy atom. The van der Waals surface area contributed by atoms with Crippen LogP contribution in [0.5, 0.6) is 0 Å². The highest BCUT2D eigenvalue weighted by Gasteiger charge is 2.19. The third-order valence-electron chi connectivity index (χ3n) is 4.36. The second kappa shape index (κ2) is 9.01. The molecule has 0 amide bonds. The van der Waals surface area contributed by atoms with E-state index in [9.17, 15) is 4.79 Å². The van der Waals surface area contributed by atoms with Crippen molar-refractivity contribution >= 4 is 41.0 Å². The number of hydrogen-bond donors (Lipinski definition) is 1. The summed E-state index contributed by atoms with van der Waals surface area (Å²) >= 11 is 9.10. The number of carbonyl (C=O) groups is 1. The summed E-state index contributed by atoms with van der Waals surface area (Å²) in [6.45, 7) is 0.914. The van der Waals surface area contributed by atoms with E-state index in [4.69, 9.17) is 21.6 Å². The van der Waals surface area contributed by atoms with Gasteiger partial charge in [0.15, 0.2) is 0 Å². The maximum atomic E-state index is 10.9. The number of nitrogens with zero attached hydrogens (tertiary/aromatic N) is 2. The predicted molar refractivity (Wildman–Crippen MR) is 115 cm³/mol. The summed E-state index contributed by atoms with van der Waals surface area (Å²) < 4.78 is 0.755. The minimum atomic E-state index is 0.0284. The van der Waals surface area contributed by atoms with Gasteiger partial charge in [-0.15, -0.1) is 11.3 Å². The fourth-order valence-corrected chi connectivity index (χ4v) is 4.97. The van der Waals surface area contributed by atoms with E-state index in [2.05, 4.69) is 17.5 Å². The number of benzene rings is 1. The Bertz CT molecular complexity index is 1020. The highest BCUT2D eigenvalue weighted by atomic mass is 35.5. The Labute approximate surface area is 177 Å². The van der Waals surface area contributed by atoms with Crippen molar-refractivity contribution in [3.8, 4) is 11.3 Å². The molecule has 1 aliphatic rings. The molecule has 1 aromatic carbocycles. The summed E-state index contributed by atoms with van der Waals surface area (Å²) in [5, 5.41) is 6.32. The molecule has 4 nitrogen and oxygen atoms in total. The first-order chi connectivity index (χ1) is 13.7. The number of halogens is 1. The van der Waals surface area contributed by atoms with Gasteiger partial charge in [0.05, 0.1) is 28.0 Å². The third kappa shape index (κ3) is 4.52. The van der Waals surface area contributed by atoms with Gasteiger partial charge in [-0.25, -0.2) is 4.98 Å². The van der Waals surface area contributed by atoms with Gasteiger partial charge in [-0.2, -0.15) is 0 Å². The monoisotopic (exact) mass is 427 g/mol. The maximum Gasteiger partial charge on any atom is 0.124 e. The zero-order chi connectivity index (χ0) is 19.3. The first-order valence-electron chi connectivity index (χ1n) is 8.95. The van der Waals surface area contributed by atoms with Crippen LogP contribution < -0.4 is 5.32 Å². The van der Waals surface area contributed by atoms with Crippen molar-refractivity contribution in [2.45, 2.75) is 28.8 Å². The molecule has 28 heavy (non-hydrogen) atoms. The molecule has 0 saturated carbocycles. The zero-order valence-corrected chi connectivity index (χ0v) is 17.4. The van der Waals surface area contributed by atoms with Gasteiger partial charge in [0.2, 0.25) is 0 Å². The van der Waals surface area contributed by atoms with Crippen LogP contribution in [-0.2, 0) is 11.2 Å². The Morgan fingerprint density at radius 2 is 2.29 bits per heavy atom. The van der Waals surface area contributed by atoms with Gasteiger partial charge in [-0.05, 0) is 30.7 Å². The SMILES string of the molecule is O=CCc1cccc(-c2nc(Sc3csc(Cl)c3)cnc2C2C=CCCN2)c1. The summed E-state index contributed by atoms with van der Waals surface area (Å²) in [4.78, 5) is 21.7. The molecule has 0 fully saturated rings. The molecule has 142 valence electrons. The topological polar surface area (TPSA) is 54.9 Å². The molecular formula is C21H18ClN3OS2. The molecule has 7 heteroatoms. The standard InChI is InChI=1S/C21H18ClN3OS2/c22-18-11-16(13-27-18)28-19-12-24-21(17-6-1-2-8-23-17)20(25-19)15-5-3-4-14(10-15)7-9-26/h1,3-6,9-13,17,23H,2,7-8H2. The Kier molecular flexibility index (Phi) is 6.22. The molecule has 0 aliphatic carbocycles. The van der Waals surface area contributed by atoms with Gasteiger partial charge >= 0.3 is 0 Å². The molecule has 1 atom stereocenters. The quantitative estimate of drug-likeness (QED) is 0.425. The highest BCUT2D eigenvalue weighted by Crippen LogP contribution is 2.35. The van der Waals surface area contributed by atoms with Crippen LogP contribution in [0.2, 0.25) is 4.34 Å². The Balaban J connectivity index is 1.76. The number of aromatic nitrogens is 2. The van der Waals surface area contributed by atoms with Crippen molar-refractivity contribution in [1.29, 1.82) is 0 Å². The lowest BCUT2D eigenvalue weighted by Crippen LogP contribution is -2.25. The zero-order valence-electron chi connectivity index (χ0n) is 15.0. The van der Waals surface area contributed by atoms with Gasteiger partial charge in [0.1, 0.15) is 11.3 Å². The number of aldehydes is 1. The van der Waals surface area contributed by atoms with Crippen LogP contribution in [0, 0.1) is 0 Å². The lowest BCUT2D eigenvalue weighted by molar-refractivity contribution is -0.107. The van der Waals surface area contributed by atoms with Gasteiger partial charge < -0.3 is 10.1 Å². The molecule has 1 aliphatic heterocycles. The van der Waals surface area contributed by atoms with Crippen LogP contribution in [0.25, 0.3) is 11.3 Å². The first kappa shape index (κ1) is 19.3. The van der Waals surface area contributed by atoms with Crippen molar-refractivity contribution in [3.05, 3.63) is 69.7 Å². The van der Waals surface area contributed by atoms with Crippen LogP contribution in [0.1, 0.15) is 23.7 Å². The van der Waals surface area contributed by atoms with Gasteiger partial charge in [0.25, 0.3) is 0 Å². The second-order valence-corrected chi connectivity index (χ2v) is 8.99. The van der Waals surface area contributed by atoms with E-state index < -0.39 is 0 Å². The van der Waals surface area contributed by atoms with E-state index in [1.807, 2.05) is 41.9 Å². The molecule has 3 heterocycles. The molecular weight excluding hydrogens is 410 g/mol. The molecule has 3 aromatic rings. The van der Waals surface area contributed by atoms with E-state index >= 15 is 0 Å². The number of nitrogens with one attached hydrogen (secondary N) is 1. The van der Waals surface area contributed by atoms with Crippen molar-refractivity contribution < 1.29 is 4.79 Å². The lowest BCUT2D eigenvalue weighted by Gasteiger charge is -2.20. The summed E-state index contributed by atoms with van der Waals surface area (Å²) in [5.74, 6) is 0. The van der Waals surface area contributed by atoms with E-state index in [1.165, 1.54) is 11.3 Å². The molecule has 1 N–H and O–H groups in total. The summed E-state index contributed by atoms with van der Waals surface area (Å²) in [6.07, 6.45) is 8.45. The molecule has 0 bridgehead atoms. The molecule has 0 spiro atoms. The van der Waals surface area contributed by atoms with Crippen molar-refractivity contribution in [2.24, 2.45) is 0 Å². The summed E-state index contributed by atoms with van der Waals surface area (Å²) in [5.41, 5.74) is 3.67. The van der Waals surface area contributed by atoms with Gasteiger partial charge in [-0.3, -0.25) is 4.98 Å². The predicted octanol–water partition coefficient (Wildman–Crippen LogP) is 5.34. The van der Waals surface area contributed by atoms with E-state index in [0.29, 0.717) is 6.42 Å². The molecule has 0 radical (unpaired) electrons. The van der Waals surface area contributed by atoms with Crippen LogP contribution >= 0.6 is 34.7 Å². The van der Waals surface area contributed by atoms with Crippen molar-refractivity contribution in [1.82, 2.24) is 15.3 Å². The number of carbonyl (C=O) groups excluding carboxylic acids is 1. The molecule has 1 unspecified atom stereocenters. The van der Waals surface area contributed by atoms with E-state index in [0.717, 1.165) is 56.0 Å². The van der Waals surface area contributed by atoms with Gasteiger partial charge in [-0.1, -0.05) is 53.7 Å². The molecule has 2 aromatic heterocycles. The first-order valence-corrected chi connectivity index (χ1v) is 11.0. The van der Waals surface area contributed by atoms with Gasteiger partial charge in [0, 0.05) is 22.3 Å². The number of rotatable bonds is 6. The average molecular weight is 428 g/mol. The number of hydrogen-bond acceptors (Lipinski definition) is 6. The van der Waals surface area contributed by atoms with Crippen molar-refractivity contribution in [2.75, 3.05) is 6.54 Å². The third-order valence-corrected chi connectivity index (χ3v) is 6.48. The smallest absolute Gasteiger partial charge is 0.124 e. The normalized spacial score (nSPS) is 16.2. The Hall–Kier alpha value is -1.99. The summed E-state index contributed by atoms with van der Waals surface area (Å²) in [6, 6.07) is 9.91. The molecule has 0 saturated heterocycles. The van der Waals surface area contributed by atoms with Crippen LogP contribution in [0.3, 0.4) is 0 Å². The van der Waals surface area contributed by atoms with E-state index in [-0.39, 0.29) is 6.04 Å². The fourth-order valence-electron chi connectivity index (χ4n) is 3.09.